The van der Waals surface area contributed by atoms with E-state index in [1.807, 2.05) is 13.0 Å². The third-order valence-corrected chi connectivity index (χ3v) is 3.38. The Morgan fingerprint density at radius 3 is 2.33 bits per heavy atom. The molecule has 0 amide bonds. The number of aryl methyl sites for hydroxylation is 1. The van der Waals surface area contributed by atoms with E-state index in [2.05, 4.69) is 26.0 Å². The van der Waals surface area contributed by atoms with Crippen LogP contribution < -0.4 is 15.8 Å². The lowest BCUT2D eigenvalue weighted by molar-refractivity contribution is -0.274. The zero-order valence-electron chi connectivity index (χ0n) is 11.0. The van der Waals surface area contributed by atoms with Crippen molar-refractivity contribution < 1.29 is 17.9 Å². The van der Waals surface area contributed by atoms with E-state index in [1.165, 1.54) is 24.3 Å². The van der Waals surface area contributed by atoms with Gasteiger partial charge in [0.15, 0.2) is 0 Å². The van der Waals surface area contributed by atoms with Crippen LogP contribution in [0.4, 0.5) is 30.2 Å². The van der Waals surface area contributed by atoms with Gasteiger partial charge in [-0.2, -0.15) is 0 Å². The van der Waals surface area contributed by atoms with E-state index in [4.69, 9.17) is 5.73 Å². The molecule has 0 saturated heterocycles. The van der Waals surface area contributed by atoms with Crippen LogP contribution in [-0.4, -0.2) is 6.36 Å². The van der Waals surface area contributed by atoms with Gasteiger partial charge in [-0.3, -0.25) is 0 Å². The number of halogens is 4. The number of benzene rings is 2. The molecule has 0 spiro atoms. The number of rotatable bonds is 3. The second-order valence-electron chi connectivity index (χ2n) is 4.39. The lowest BCUT2D eigenvalue weighted by atomic mass is 10.2. The molecule has 0 heterocycles. The molecule has 3 N–H and O–H groups in total. The summed E-state index contributed by atoms with van der Waals surface area (Å²) in [7, 11) is 0. The summed E-state index contributed by atoms with van der Waals surface area (Å²) in [5, 5.41) is 3.09. The van der Waals surface area contributed by atoms with Gasteiger partial charge in [0.05, 0.1) is 5.69 Å². The molecule has 0 aliphatic heterocycles. The average Bonchev–Trinajstić information content (AvgIpc) is 2.36. The van der Waals surface area contributed by atoms with Gasteiger partial charge >= 0.3 is 6.36 Å². The summed E-state index contributed by atoms with van der Waals surface area (Å²) in [6.07, 6.45) is -4.69. The lowest BCUT2D eigenvalue weighted by Crippen LogP contribution is -2.16. The molecule has 0 unspecified atom stereocenters. The fourth-order valence-electron chi connectivity index (χ4n) is 1.69. The highest BCUT2D eigenvalue weighted by Crippen LogP contribution is 2.31. The Bertz CT molecular complexity index is 642. The van der Waals surface area contributed by atoms with Gasteiger partial charge in [0, 0.05) is 15.8 Å². The van der Waals surface area contributed by atoms with E-state index in [0.717, 1.165) is 15.7 Å². The standard InChI is InChI=1S/C14H12BrF3N2O/c1-8-6-13(11(15)7-12(8)19)20-9-2-4-10(5-3-9)21-14(16,17)18/h2-7,20H,19H2,1H3. The summed E-state index contributed by atoms with van der Waals surface area (Å²) < 4.78 is 40.8. The van der Waals surface area contributed by atoms with Crippen LogP contribution >= 0.6 is 15.9 Å². The third-order valence-electron chi connectivity index (χ3n) is 2.72. The van der Waals surface area contributed by atoms with Crippen LogP contribution in [0.5, 0.6) is 5.75 Å². The highest BCUT2D eigenvalue weighted by atomic mass is 79.9. The summed E-state index contributed by atoms with van der Waals surface area (Å²) in [6.45, 7) is 1.87. The monoisotopic (exact) mass is 360 g/mol. The van der Waals surface area contributed by atoms with Gasteiger partial charge < -0.3 is 15.8 Å². The van der Waals surface area contributed by atoms with E-state index in [0.29, 0.717) is 11.4 Å². The summed E-state index contributed by atoms with van der Waals surface area (Å²) in [4.78, 5) is 0. The van der Waals surface area contributed by atoms with Crippen LogP contribution in [-0.2, 0) is 0 Å². The zero-order chi connectivity index (χ0) is 15.6. The van der Waals surface area contributed by atoms with Crippen molar-refractivity contribution >= 4 is 33.0 Å². The van der Waals surface area contributed by atoms with E-state index in [9.17, 15) is 13.2 Å². The van der Waals surface area contributed by atoms with Crippen LogP contribution in [0.1, 0.15) is 5.56 Å². The smallest absolute Gasteiger partial charge is 0.406 e. The van der Waals surface area contributed by atoms with Crippen molar-refractivity contribution in [2.24, 2.45) is 0 Å². The normalized spacial score (nSPS) is 11.3. The minimum absolute atomic E-state index is 0.263. The molecule has 3 nitrogen and oxygen atoms in total. The van der Waals surface area contributed by atoms with E-state index >= 15 is 0 Å². The molecule has 0 radical (unpaired) electrons. The minimum atomic E-state index is -4.69. The van der Waals surface area contributed by atoms with Gasteiger partial charge in [0.25, 0.3) is 0 Å². The predicted octanol–water partition coefficient (Wildman–Crippen LogP) is 4.98. The molecule has 0 saturated carbocycles. The van der Waals surface area contributed by atoms with E-state index < -0.39 is 6.36 Å². The summed E-state index contributed by atoms with van der Waals surface area (Å²) >= 11 is 3.38. The van der Waals surface area contributed by atoms with Gasteiger partial charge in [0.1, 0.15) is 5.75 Å². The lowest BCUT2D eigenvalue weighted by Gasteiger charge is -2.12. The second-order valence-corrected chi connectivity index (χ2v) is 5.24. The quantitative estimate of drug-likeness (QED) is 0.758. The van der Waals surface area contributed by atoms with Crippen molar-refractivity contribution in [3.8, 4) is 5.75 Å². The molecule has 7 heteroatoms. The molecule has 21 heavy (non-hydrogen) atoms. The van der Waals surface area contributed by atoms with Crippen LogP contribution in [0.15, 0.2) is 40.9 Å². The van der Waals surface area contributed by atoms with E-state index in [-0.39, 0.29) is 5.75 Å². The Morgan fingerprint density at radius 1 is 1.14 bits per heavy atom. The number of hydrogen-bond donors (Lipinski definition) is 2. The molecule has 2 aromatic carbocycles. The SMILES string of the molecule is Cc1cc(Nc2ccc(OC(F)(F)F)cc2)c(Br)cc1N. The fraction of sp³-hybridized carbons (Fsp3) is 0.143. The zero-order valence-corrected chi connectivity index (χ0v) is 12.5. The Balaban J connectivity index is 2.16. The molecule has 0 aromatic heterocycles. The number of alkyl halides is 3. The highest BCUT2D eigenvalue weighted by Gasteiger charge is 2.30. The summed E-state index contributed by atoms with van der Waals surface area (Å²) in [5.41, 5.74) is 8.74. The summed E-state index contributed by atoms with van der Waals surface area (Å²) in [5.74, 6) is -0.263. The van der Waals surface area contributed by atoms with Crippen LogP contribution in [0, 0.1) is 6.92 Å². The molecule has 0 aliphatic rings. The largest absolute Gasteiger partial charge is 0.573 e. The van der Waals surface area contributed by atoms with Gasteiger partial charge in [-0.1, -0.05) is 0 Å². The molecule has 2 aromatic rings. The maximum atomic E-state index is 12.1. The number of ether oxygens (including phenoxy) is 1. The molecule has 0 atom stereocenters. The first-order valence-electron chi connectivity index (χ1n) is 5.93. The van der Waals surface area contributed by atoms with Gasteiger partial charge in [0.2, 0.25) is 0 Å². The van der Waals surface area contributed by atoms with Crippen molar-refractivity contribution in [2.75, 3.05) is 11.1 Å². The number of nitrogens with one attached hydrogen (secondary N) is 1. The topological polar surface area (TPSA) is 47.3 Å². The number of anilines is 3. The van der Waals surface area contributed by atoms with E-state index in [1.54, 1.807) is 6.07 Å². The molecular formula is C14H12BrF3N2O. The van der Waals surface area contributed by atoms with Crippen molar-refractivity contribution in [1.29, 1.82) is 0 Å². The Kier molecular flexibility index (Phi) is 4.32. The molecule has 0 bridgehead atoms. The molecule has 0 aliphatic carbocycles. The van der Waals surface area contributed by atoms with Gasteiger partial charge in [-0.15, -0.1) is 13.2 Å². The highest BCUT2D eigenvalue weighted by molar-refractivity contribution is 9.10. The van der Waals surface area contributed by atoms with Crippen LogP contribution in [0.25, 0.3) is 0 Å². The van der Waals surface area contributed by atoms with Gasteiger partial charge in [-0.25, -0.2) is 0 Å². The van der Waals surface area contributed by atoms with Crippen molar-refractivity contribution in [3.05, 3.63) is 46.4 Å². The maximum absolute atomic E-state index is 12.1. The number of hydrogen-bond acceptors (Lipinski definition) is 3. The second kappa shape index (κ2) is 5.85. The first-order chi connectivity index (χ1) is 9.74. The van der Waals surface area contributed by atoms with Crippen molar-refractivity contribution in [2.45, 2.75) is 13.3 Å². The first kappa shape index (κ1) is 15.5. The molecule has 2 rings (SSSR count). The predicted molar refractivity (Wildman–Crippen MR) is 79.7 cm³/mol. The van der Waals surface area contributed by atoms with Gasteiger partial charge in [-0.05, 0) is 64.8 Å². The fourth-order valence-corrected chi connectivity index (χ4v) is 2.15. The molecule has 112 valence electrons. The Hall–Kier alpha value is -1.89. The maximum Gasteiger partial charge on any atom is 0.573 e. The Labute approximate surface area is 128 Å². The third kappa shape index (κ3) is 4.29. The number of nitrogens with two attached hydrogens (primary N) is 1. The van der Waals surface area contributed by atoms with Crippen LogP contribution in [0.2, 0.25) is 0 Å². The Morgan fingerprint density at radius 2 is 1.76 bits per heavy atom. The number of nitrogen functional groups attached to an aromatic ring is 1. The molecule has 0 fully saturated rings. The van der Waals surface area contributed by atoms with Crippen LogP contribution in [0.3, 0.4) is 0 Å². The van der Waals surface area contributed by atoms with Crippen molar-refractivity contribution in [1.82, 2.24) is 0 Å². The first-order valence-corrected chi connectivity index (χ1v) is 6.72. The molecular weight excluding hydrogens is 349 g/mol. The minimum Gasteiger partial charge on any atom is -0.406 e. The van der Waals surface area contributed by atoms with Crippen molar-refractivity contribution in [3.63, 3.8) is 0 Å². The summed E-state index contributed by atoms with van der Waals surface area (Å²) in [6, 6.07) is 9.10. The average molecular weight is 361 g/mol.